The Morgan fingerprint density at radius 2 is 1.45 bits per heavy atom. The second kappa shape index (κ2) is 5.45. The molecule has 1 fully saturated rings. The van der Waals surface area contributed by atoms with Gasteiger partial charge in [-0.2, -0.15) is 4.31 Å². The van der Waals surface area contributed by atoms with Gasteiger partial charge < -0.3 is 14.7 Å². The van der Waals surface area contributed by atoms with Gasteiger partial charge in [0, 0.05) is 11.1 Å². The van der Waals surface area contributed by atoms with E-state index in [0.29, 0.717) is 12.8 Å². The molecule has 1 aliphatic heterocycles. The Morgan fingerprint density at radius 3 is 1.80 bits per heavy atom. The van der Waals surface area contributed by atoms with E-state index in [9.17, 15) is 14.0 Å². The maximum absolute atomic E-state index is 11.6. The molecule has 0 amide bonds. The Morgan fingerprint density at radius 1 is 1.05 bits per heavy atom. The van der Waals surface area contributed by atoms with Gasteiger partial charge in [-0.1, -0.05) is 0 Å². The lowest BCUT2D eigenvalue weighted by Crippen LogP contribution is -2.60. The number of piperidine rings is 1. The number of likely N-dealkylation sites (tertiary alicyclic amines) is 1. The fourth-order valence-electron chi connectivity index (χ4n) is 2.70. The standard InChI is InChI=1S/C10H23NO7P2/c1-9(2)6-8(7-10(3,4)11(9)5)17-20(15,16)18-19(12,13)14/h8H,6-7H2,1-5H3,(H,15,16)(H2,12,13,14). The summed E-state index contributed by atoms with van der Waals surface area (Å²) in [5, 5.41) is 0. The Balaban J connectivity index is 2.84. The second-order valence-electron chi connectivity index (χ2n) is 6.36. The average molecular weight is 331 g/mol. The van der Waals surface area contributed by atoms with Crippen molar-refractivity contribution >= 4 is 15.6 Å². The van der Waals surface area contributed by atoms with Crippen LogP contribution in [0.1, 0.15) is 40.5 Å². The van der Waals surface area contributed by atoms with Crippen molar-refractivity contribution in [3.63, 3.8) is 0 Å². The first kappa shape index (κ1) is 18.3. The van der Waals surface area contributed by atoms with Gasteiger partial charge in [-0.05, 0) is 47.6 Å². The zero-order valence-corrected chi connectivity index (χ0v) is 14.1. The zero-order valence-electron chi connectivity index (χ0n) is 12.3. The number of hydrogen-bond acceptors (Lipinski definition) is 5. The van der Waals surface area contributed by atoms with Gasteiger partial charge in [0.1, 0.15) is 0 Å². The summed E-state index contributed by atoms with van der Waals surface area (Å²) in [6, 6.07) is 0. The Kier molecular flexibility index (Phi) is 4.98. The van der Waals surface area contributed by atoms with E-state index in [-0.39, 0.29) is 11.1 Å². The third kappa shape index (κ3) is 4.90. The molecule has 120 valence electrons. The molecule has 1 heterocycles. The van der Waals surface area contributed by atoms with E-state index >= 15 is 0 Å². The topological polar surface area (TPSA) is 117 Å². The molecule has 1 aliphatic rings. The predicted molar refractivity (Wildman–Crippen MR) is 73.0 cm³/mol. The maximum Gasteiger partial charge on any atom is 0.481 e. The molecular formula is C10H23NO7P2. The fraction of sp³-hybridized carbons (Fsp3) is 1.00. The van der Waals surface area contributed by atoms with Crippen molar-refractivity contribution in [1.29, 1.82) is 0 Å². The van der Waals surface area contributed by atoms with Crippen molar-refractivity contribution in [2.24, 2.45) is 0 Å². The highest BCUT2D eigenvalue weighted by Gasteiger charge is 2.46. The first-order valence-corrected chi connectivity index (χ1v) is 9.19. The summed E-state index contributed by atoms with van der Waals surface area (Å²) < 4.78 is 31.0. The normalized spacial score (nSPS) is 27.2. The lowest BCUT2D eigenvalue weighted by Gasteiger charge is -2.53. The van der Waals surface area contributed by atoms with Gasteiger partial charge in [-0.3, -0.25) is 9.42 Å². The summed E-state index contributed by atoms with van der Waals surface area (Å²) >= 11 is 0. The van der Waals surface area contributed by atoms with Gasteiger partial charge in [-0.15, -0.1) is 0 Å². The lowest BCUT2D eigenvalue weighted by atomic mass is 9.79. The minimum atomic E-state index is -5.08. The van der Waals surface area contributed by atoms with Crippen LogP contribution in [-0.4, -0.2) is 43.8 Å². The van der Waals surface area contributed by atoms with Crippen LogP contribution in [0, 0.1) is 0 Å². The third-order valence-electron chi connectivity index (χ3n) is 3.76. The molecule has 20 heavy (non-hydrogen) atoms. The molecule has 1 atom stereocenters. The Labute approximate surface area is 118 Å². The first-order chi connectivity index (χ1) is 8.65. The Bertz CT molecular complexity index is 441. The quantitative estimate of drug-likeness (QED) is 0.668. The van der Waals surface area contributed by atoms with Gasteiger partial charge in [0.15, 0.2) is 0 Å². The van der Waals surface area contributed by atoms with Crippen LogP contribution in [0.15, 0.2) is 0 Å². The number of rotatable bonds is 4. The molecule has 0 aliphatic carbocycles. The van der Waals surface area contributed by atoms with Crippen LogP contribution in [0.4, 0.5) is 0 Å². The van der Waals surface area contributed by atoms with Crippen molar-refractivity contribution in [3.8, 4) is 0 Å². The highest BCUT2D eigenvalue weighted by molar-refractivity contribution is 7.60. The summed E-state index contributed by atoms with van der Waals surface area (Å²) in [6.45, 7) is 7.87. The molecular weight excluding hydrogens is 308 g/mol. The summed E-state index contributed by atoms with van der Waals surface area (Å²) in [6.07, 6.45) is 0.267. The molecule has 0 aromatic rings. The molecule has 10 heteroatoms. The van der Waals surface area contributed by atoms with Crippen LogP contribution >= 0.6 is 15.6 Å². The van der Waals surface area contributed by atoms with Crippen molar-refractivity contribution in [2.75, 3.05) is 7.05 Å². The largest absolute Gasteiger partial charge is 0.481 e. The summed E-state index contributed by atoms with van der Waals surface area (Å²) in [4.78, 5) is 28.8. The van der Waals surface area contributed by atoms with E-state index in [4.69, 9.17) is 14.3 Å². The summed E-state index contributed by atoms with van der Waals surface area (Å²) in [5.41, 5.74) is -0.566. The van der Waals surface area contributed by atoms with Gasteiger partial charge in [0.05, 0.1) is 6.10 Å². The van der Waals surface area contributed by atoms with Gasteiger partial charge >= 0.3 is 15.6 Å². The first-order valence-electron chi connectivity index (χ1n) is 6.17. The number of nitrogens with zero attached hydrogens (tertiary/aromatic N) is 1. The van der Waals surface area contributed by atoms with Crippen LogP contribution in [-0.2, 0) is 18.0 Å². The van der Waals surface area contributed by atoms with E-state index in [1.54, 1.807) is 0 Å². The average Bonchev–Trinajstić information content (AvgIpc) is 2.07. The van der Waals surface area contributed by atoms with E-state index in [1.165, 1.54) is 0 Å². The van der Waals surface area contributed by atoms with Crippen molar-refractivity contribution in [1.82, 2.24) is 4.90 Å². The molecule has 1 rings (SSSR count). The van der Waals surface area contributed by atoms with Crippen LogP contribution in [0.25, 0.3) is 0 Å². The highest BCUT2D eigenvalue weighted by Crippen LogP contribution is 2.59. The minimum absolute atomic E-state index is 0.283. The molecule has 3 N–H and O–H groups in total. The molecule has 1 unspecified atom stereocenters. The number of phosphoric ester groups is 1. The highest BCUT2D eigenvalue weighted by atomic mass is 31.3. The fourth-order valence-corrected chi connectivity index (χ4v) is 4.45. The number of phosphoric acid groups is 2. The zero-order chi connectivity index (χ0) is 16.0. The predicted octanol–water partition coefficient (Wildman–Crippen LogP) is 1.86. The summed E-state index contributed by atoms with van der Waals surface area (Å²) in [5.74, 6) is 0. The van der Waals surface area contributed by atoms with Crippen LogP contribution in [0.3, 0.4) is 0 Å². The second-order valence-corrected chi connectivity index (χ2v) is 9.14. The Hall–Kier alpha value is 0.220. The molecule has 0 aromatic carbocycles. The maximum atomic E-state index is 11.6. The van der Waals surface area contributed by atoms with Gasteiger partial charge in [0.2, 0.25) is 0 Å². The molecule has 0 aromatic heterocycles. The third-order valence-corrected chi connectivity index (χ3v) is 6.00. The molecule has 0 bridgehead atoms. The van der Waals surface area contributed by atoms with Gasteiger partial charge in [-0.25, -0.2) is 9.13 Å². The van der Waals surface area contributed by atoms with Crippen molar-refractivity contribution in [2.45, 2.75) is 57.7 Å². The van der Waals surface area contributed by atoms with E-state index in [1.807, 2.05) is 34.7 Å². The van der Waals surface area contributed by atoms with Crippen LogP contribution in [0.2, 0.25) is 0 Å². The number of hydrogen-bond donors (Lipinski definition) is 3. The molecule has 1 saturated heterocycles. The SMILES string of the molecule is CN1C(C)(C)CC(OP(=O)(O)OP(=O)(O)O)CC1(C)C. The van der Waals surface area contributed by atoms with Crippen molar-refractivity contribution in [3.05, 3.63) is 0 Å². The molecule has 0 radical (unpaired) electrons. The van der Waals surface area contributed by atoms with Crippen LogP contribution in [0.5, 0.6) is 0 Å². The minimum Gasteiger partial charge on any atom is -0.302 e. The molecule has 0 saturated carbocycles. The van der Waals surface area contributed by atoms with Crippen LogP contribution < -0.4 is 0 Å². The lowest BCUT2D eigenvalue weighted by molar-refractivity contribution is -0.0616. The van der Waals surface area contributed by atoms with E-state index in [2.05, 4.69) is 9.21 Å². The monoisotopic (exact) mass is 331 g/mol. The van der Waals surface area contributed by atoms with Gasteiger partial charge in [0.25, 0.3) is 0 Å². The van der Waals surface area contributed by atoms with E-state index < -0.39 is 21.7 Å². The molecule has 8 nitrogen and oxygen atoms in total. The smallest absolute Gasteiger partial charge is 0.302 e. The van der Waals surface area contributed by atoms with E-state index in [0.717, 1.165) is 0 Å². The molecule has 0 spiro atoms. The van der Waals surface area contributed by atoms with Crippen molar-refractivity contribution < 1.29 is 32.6 Å². The summed E-state index contributed by atoms with van der Waals surface area (Å²) in [7, 11) is -7.92.